The van der Waals surface area contributed by atoms with Gasteiger partial charge >= 0.3 is 35.5 Å². The van der Waals surface area contributed by atoms with Gasteiger partial charge in [-0.15, -0.1) is 0 Å². The molecule has 0 radical (unpaired) electrons. The van der Waals surface area contributed by atoms with Crippen molar-refractivity contribution in [1.82, 2.24) is 0 Å². The number of Topliss-reactive ketones (excluding diaryl/α,β-unsaturated/α-hetero) is 1. The Morgan fingerprint density at radius 3 is 2.27 bits per heavy atom. The summed E-state index contributed by atoms with van der Waals surface area (Å²) in [6.45, 7) is 14.6. The van der Waals surface area contributed by atoms with Crippen LogP contribution < -0.4 is 34.7 Å². The van der Waals surface area contributed by atoms with E-state index in [1.807, 2.05) is 38.2 Å². The van der Waals surface area contributed by atoms with Gasteiger partial charge in [0.05, 0.1) is 17.7 Å². The summed E-state index contributed by atoms with van der Waals surface area (Å²) in [5.74, 6) is -1.83. The SMILES string of the molecule is COC(/C=C/C(C)(C)O)/C(C)=C/C=C/C(C)=C1\C(=O)C[C@H]2[C@@]3(C)CC[C@@H](OC(C)=O)[C@](C)(C(=O)[O-])[C@@H]3CC[C@]12C.[Na+]. The van der Waals surface area contributed by atoms with Crippen LogP contribution in [0.4, 0.5) is 0 Å². The van der Waals surface area contributed by atoms with Gasteiger partial charge in [-0.3, -0.25) is 9.59 Å². The minimum Gasteiger partial charge on any atom is -0.549 e. The van der Waals surface area contributed by atoms with Crippen molar-refractivity contribution < 1.29 is 63.6 Å². The predicted molar refractivity (Wildman–Crippen MR) is 152 cm³/mol. The molecule has 1 unspecified atom stereocenters. The van der Waals surface area contributed by atoms with E-state index >= 15 is 0 Å². The Balaban J connectivity index is 0.00000588. The number of ketones is 1. The van der Waals surface area contributed by atoms with Crippen molar-refractivity contribution in [3.63, 3.8) is 0 Å². The summed E-state index contributed by atoms with van der Waals surface area (Å²) in [6, 6.07) is 0. The van der Waals surface area contributed by atoms with Crippen LogP contribution >= 0.6 is 0 Å². The topological polar surface area (TPSA) is 113 Å². The first-order chi connectivity index (χ1) is 18.4. The summed E-state index contributed by atoms with van der Waals surface area (Å²) >= 11 is 0. The molecule has 41 heavy (non-hydrogen) atoms. The van der Waals surface area contributed by atoms with Crippen LogP contribution in [-0.4, -0.2) is 47.7 Å². The van der Waals surface area contributed by atoms with Gasteiger partial charge < -0.3 is 24.5 Å². The van der Waals surface area contributed by atoms with Crippen molar-refractivity contribution in [2.75, 3.05) is 7.11 Å². The molecule has 3 saturated carbocycles. The van der Waals surface area contributed by atoms with E-state index in [9.17, 15) is 24.6 Å². The summed E-state index contributed by atoms with van der Waals surface area (Å²) in [4.78, 5) is 38.0. The fourth-order valence-electron chi connectivity index (χ4n) is 8.17. The molecule has 3 aliphatic carbocycles. The van der Waals surface area contributed by atoms with E-state index < -0.39 is 34.5 Å². The first kappa shape index (κ1) is 35.7. The molecule has 222 valence electrons. The molecule has 0 saturated heterocycles. The van der Waals surface area contributed by atoms with Crippen LogP contribution in [0.3, 0.4) is 0 Å². The average Bonchev–Trinajstić information content (AvgIpc) is 3.11. The minimum atomic E-state index is -1.32. The molecule has 3 rings (SSSR count). The van der Waals surface area contributed by atoms with Crippen molar-refractivity contribution in [3.05, 3.63) is 47.1 Å². The molecule has 0 aliphatic heterocycles. The maximum absolute atomic E-state index is 13.6. The first-order valence-electron chi connectivity index (χ1n) is 14.3. The number of rotatable bonds is 8. The van der Waals surface area contributed by atoms with Gasteiger partial charge in [-0.05, 0) is 81.8 Å². The van der Waals surface area contributed by atoms with Gasteiger partial charge in [-0.25, -0.2) is 0 Å². The Morgan fingerprint density at radius 2 is 1.73 bits per heavy atom. The molecule has 0 bridgehead atoms. The number of carbonyl (C=O) groups is 3. The predicted octanol–water partition coefficient (Wildman–Crippen LogP) is 1.64. The fraction of sp³-hybridized carbons (Fsp3) is 0.667. The molecule has 7 nitrogen and oxygen atoms in total. The zero-order chi connectivity index (χ0) is 30.3. The third-order valence-corrected chi connectivity index (χ3v) is 10.1. The Hall–Kier alpha value is -1.51. The van der Waals surface area contributed by atoms with E-state index in [4.69, 9.17) is 9.47 Å². The number of hydrogen-bond acceptors (Lipinski definition) is 7. The maximum Gasteiger partial charge on any atom is 1.00 e. The van der Waals surface area contributed by atoms with Crippen molar-refractivity contribution in [3.8, 4) is 0 Å². The van der Waals surface area contributed by atoms with E-state index in [1.54, 1.807) is 34.0 Å². The molecule has 0 aromatic rings. The molecule has 7 atom stereocenters. The number of fused-ring (bicyclic) bond motifs is 3. The molecule has 8 heteroatoms. The number of esters is 1. The summed E-state index contributed by atoms with van der Waals surface area (Å²) in [7, 11) is 1.62. The number of methoxy groups -OCH3 is 1. The Morgan fingerprint density at radius 1 is 1.10 bits per heavy atom. The largest absolute Gasteiger partial charge is 1.00 e. The van der Waals surface area contributed by atoms with Crippen molar-refractivity contribution in [2.24, 2.45) is 28.1 Å². The monoisotopic (exact) mass is 578 g/mol. The number of aliphatic carboxylic acids is 1. The quantitative estimate of drug-likeness (QED) is 0.153. The zero-order valence-electron chi connectivity index (χ0n) is 26.6. The molecule has 0 aromatic carbocycles. The van der Waals surface area contributed by atoms with Crippen LogP contribution in [0.2, 0.25) is 0 Å². The van der Waals surface area contributed by atoms with Crippen LogP contribution in [0.25, 0.3) is 0 Å². The Bertz CT molecular complexity index is 1160. The standard InChI is InChI=1S/C33H48O7.Na/c1-20(24(39-9)13-16-30(4,5)38)11-10-12-21(2)28-23(35)19-26-31(6)18-15-27(40-22(3)34)33(8,29(36)37)25(31)14-17-32(26,28)7;/h10-13,16,24-27,38H,14-15,17-19H2,1-9H3,(H,36,37);/q;+1/p-1/b12-10+,16-13+,20-11+,28-21+;/t24?,25-,26+,27-,31+,32+,33-;/m1./s1. The van der Waals surface area contributed by atoms with Crippen LogP contribution in [0, 0.1) is 28.1 Å². The van der Waals surface area contributed by atoms with Gasteiger partial charge in [0.2, 0.25) is 0 Å². The van der Waals surface area contributed by atoms with E-state index in [0.29, 0.717) is 32.1 Å². The molecule has 0 heterocycles. The second-order valence-corrected chi connectivity index (χ2v) is 13.4. The number of hydrogen-bond donors (Lipinski definition) is 1. The van der Waals surface area contributed by atoms with Gasteiger partial charge in [0.25, 0.3) is 0 Å². The molecule has 0 spiro atoms. The smallest absolute Gasteiger partial charge is 0.549 e. The first-order valence-corrected chi connectivity index (χ1v) is 14.3. The van der Waals surface area contributed by atoms with Gasteiger partial charge in [-0.1, -0.05) is 51.2 Å². The minimum absolute atomic E-state index is 0. The number of carbonyl (C=O) groups excluding carboxylic acids is 3. The molecular formula is C33H47NaO7. The van der Waals surface area contributed by atoms with Crippen LogP contribution in [-0.2, 0) is 23.9 Å². The average molecular weight is 579 g/mol. The molecule has 0 aromatic heterocycles. The Labute approximate surface area is 267 Å². The molecule has 0 amide bonds. The van der Waals surface area contributed by atoms with Crippen LogP contribution in [0.1, 0.15) is 87.5 Å². The number of carboxylic acids is 1. The van der Waals surface area contributed by atoms with Gasteiger partial charge in [-0.2, -0.15) is 0 Å². The second-order valence-electron chi connectivity index (χ2n) is 13.4. The van der Waals surface area contributed by atoms with E-state index in [2.05, 4.69) is 13.8 Å². The zero-order valence-corrected chi connectivity index (χ0v) is 28.6. The number of carboxylic acid groups (broad SMARTS) is 1. The molecule has 3 aliphatic rings. The van der Waals surface area contributed by atoms with Gasteiger partial charge in [0.15, 0.2) is 5.78 Å². The van der Waals surface area contributed by atoms with E-state index in [1.165, 1.54) is 6.92 Å². The normalized spacial score (nSPS) is 36.0. The Kier molecular flexibility index (Phi) is 11.3. The van der Waals surface area contributed by atoms with Gasteiger partial charge in [0, 0.05) is 36.9 Å². The summed E-state index contributed by atoms with van der Waals surface area (Å²) < 4.78 is 11.1. The van der Waals surface area contributed by atoms with Crippen molar-refractivity contribution in [2.45, 2.75) is 105 Å². The van der Waals surface area contributed by atoms with Crippen LogP contribution in [0.15, 0.2) is 47.1 Å². The van der Waals surface area contributed by atoms with Gasteiger partial charge in [0.1, 0.15) is 6.10 Å². The van der Waals surface area contributed by atoms with Crippen molar-refractivity contribution in [1.29, 1.82) is 0 Å². The molecule has 3 fully saturated rings. The number of ether oxygens (including phenoxy) is 2. The number of aliphatic hydroxyl groups is 1. The van der Waals surface area contributed by atoms with E-state index in [0.717, 1.165) is 16.7 Å². The summed E-state index contributed by atoms with van der Waals surface area (Å²) in [5, 5.41) is 22.6. The fourth-order valence-corrected chi connectivity index (χ4v) is 8.17. The second kappa shape index (κ2) is 13.0. The van der Waals surface area contributed by atoms with E-state index in [-0.39, 0.29) is 58.7 Å². The van der Waals surface area contributed by atoms with Crippen molar-refractivity contribution >= 4 is 17.7 Å². The third-order valence-electron chi connectivity index (χ3n) is 10.1. The summed E-state index contributed by atoms with van der Waals surface area (Å²) in [5.41, 5.74) is -0.324. The molecular weight excluding hydrogens is 531 g/mol. The molecule has 1 N–H and O–H groups in total. The van der Waals surface area contributed by atoms with Crippen LogP contribution in [0.5, 0.6) is 0 Å². The third kappa shape index (κ3) is 6.85. The maximum atomic E-state index is 13.6. The number of allylic oxidation sites excluding steroid dienone is 5. The summed E-state index contributed by atoms with van der Waals surface area (Å²) in [6.07, 6.45) is 11.2.